The second-order valence-corrected chi connectivity index (χ2v) is 6.38. The van der Waals surface area contributed by atoms with Crippen LogP contribution in [0.1, 0.15) is 31.7 Å². The molecule has 1 aromatic rings. The molecule has 0 amide bonds. The van der Waals surface area contributed by atoms with E-state index in [4.69, 9.17) is 0 Å². The average molecular weight is 258 g/mol. The van der Waals surface area contributed by atoms with Gasteiger partial charge in [-0.3, -0.25) is 9.80 Å². The Morgan fingerprint density at radius 2 is 1.74 bits per heavy atom. The quantitative estimate of drug-likeness (QED) is 0.822. The van der Waals surface area contributed by atoms with E-state index >= 15 is 0 Å². The first kappa shape index (κ1) is 13.1. The van der Waals surface area contributed by atoms with E-state index in [1.54, 1.807) is 0 Å². The fourth-order valence-electron chi connectivity index (χ4n) is 3.49. The third-order valence-electron chi connectivity index (χ3n) is 4.83. The molecule has 1 unspecified atom stereocenters. The summed E-state index contributed by atoms with van der Waals surface area (Å²) in [6.45, 7) is 8.71. The molecule has 1 aromatic carbocycles. The third-order valence-corrected chi connectivity index (χ3v) is 4.83. The van der Waals surface area contributed by atoms with Gasteiger partial charge in [0.05, 0.1) is 0 Å². The molecule has 2 aliphatic rings. The van der Waals surface area contributed by atoms with Crippen LogP contribution in [0.2, 0.25) is 0 Å². The lowest BCUT2D eigenvalue weighted by molar-refractivity contribution is 0.137. The summed E-state index contributed by atoms with van der Waals surface area (Å²) in [6, 6.07) is 11.7. The second-order valence-electron chi connectivity index (χ2n) is 6.38. The zero-order valence-corrected chi connectivity index (χ0v) is 12.1. The molecule has 104 valence electrons. The highest BCUT2D eigenvalue weighted by molar-refractivity contribution is 5.14. The van der Waals surface area contributed by atoms with Crippen LogP contribution in [-0.4, -0.2) is 42.0 Å². The topological polar surface area (TPSA) is 6.48 Å². The molecule has 0 saturated carbocycles. The Kier molecular flexibility index (Phi) is 4.19. The summed E-state index contributed by atoms with van der Waals surface area (Å²) in [4.78, 5) is 5.36. The minimum absolute atomic E-state index is 0.816. The van der Waals surface area contributed by atoms with Gasteiger partial charge in [0.15, 0.2) is 0 Å². The molecule has 0 spiro atoms. The maximum absolute atomic E-state index is 2.74. The molecule has 2 aliphatic heterocycles. The Balaban J connectivity index is 1.50. The van der Waals surface area contributed by atoms with E-state index in [1.165, 1.54) is 51.0 Å². The van der Waals surface area contributed by atoms with Gasteiger partial charge in [-0.25, -0.2) is 0 Å². The lowest BCUT2D eigenvalue weighted by Gasteiger charge is -2.34. The SMILES string of the molecule is CC1CCN(C2CCN(Cc3ccccc3)C2)CC1. The van der Waals surface area contributed by atoms with Crippen molar-refractivity contribution in [1.82, 2.24) is 9.80 Å². The maximum atomic E-state index is 2.74. The van der Waals surface area contributed by atoms with E-state index in [2.05, 4.69) is 47.1 Å². The second kappa shape index (κ2) is 6.06. The number of benzene rings is 1. The van der Waals surface area contributed by atoms with Crippen LogP contribution < -0.4 is 0 Å². The van der Waals surface area contributed by atoms with Gasteiger partial charge in [0.25, 0.3) is 0 Å². The first-order chi connectivity index (χ1) is 9.31. The smallest absolute Gasteiger partial charge is 0.0235 e. The summed E-state index contributed by atoms with van der Waals surface area (Å²) in [7, 11) is 0. The van der Waals surface area contributed by atoms with Crippen LogP contribution in [0.25, 0.3) is 0 Å². The van der Waals surface area contributed by atoms with Crippen LogP contribution in [0.4, 0.5) is 0 Å². The predicted molar refractivity (Wildman–Crippen MR) is 80.1 cm³/mol. The largest absolute Gasteiger partial charge is 0.299 e. The van der Waals surface area contributed by atoms with E-state index in [0.29, 0.717) is 0 Å². The molecular formula is C17H26N2. The summed E-state index contributed by atoms with van der Waals surface area (Å²) >= 11 is 0. The average Bonchev–Trinajstić information content (AvgIpc) is 2.89. The van der Waals surface area contributed by atoms with Crippen molar-refractivity contribution >= 4 is 0 Å². The van der Waals surface area contributed by atoms with Crippen LogP contribution in [0.15, 0.2) is 30.3 Å². The maximum Gasteiger partial charge on any atom is 0.0235 e. The van der Waals surface area contributed by atoms with Gasteiger partial charge in [0, 0.05) is 25.7 Å². The summed E-state index contributed by atoms with van der Waals surface area (Å²) < 4.78 is 0. The molecule has 0 aromatic heterocycles. The lowest BCUT2D eigenvalue weighted by atomic mass is 9.98. The van der Waals surface area contributed by atoms with E-state index in [1.807, 2.05) is 0 Å². The van der Waals surface area contributed by atoms with E-state index in [-0.39, 0.29) is 0 Å². The van der Waals surface area contributed by atoms with Gasteiger partial charge >= 0.3 is 0 Å². The summed E-state index contributed by atoms with van der Waals surface area (Å²) in [5.74, 6) is 0.943. The lowest BCUT2D eigenvalue weighted by Crippen LogP contribution is -2.42. The highest BCUT2D eigenvalue weighted by Gasteiger charge is 2.29. The molecule has 0 radical (unpaired) electrons. The van der Waals surface area contributed by atoms with Crippen molar-refractivity contribution < 1.29 is 0 Å². The fraction of sp³-hybridized carbons (Fsp3) is 0.647. The first-order valence-corrected chi connectivity index (χ1v) is 7.81. The normalized spacial score (nSPS) is 26.9. The van der Waals surface area contributed by atoms with Crippen LogP contribution in [0.3, 0.4) is 0 Å². The highest BCUT2D eigenvalue weighted by Crippen LogP contribution is 2.23. The third kappa shape index (κ3) is 3.37. The first-order valence-electron chi connectivity index (χ1n) is 7.81. The molecule has 19 heavy (non-hydrogen) atoms. The van der Waals surface area contributed by atoms with E-state index < -0.39 is 0 Å². The summed E-state index contributed by atoms with van der Waals surface area (Å²) in [6.07, 6.45) is 4.16. The van der Waals surface area contributed by atoms with Crippen LogP contribution in [-0.2, 0) is 6.54 Å². The molecule has 2 heterocycles. The molecule has 2 fully saturated rings. The fourth-order valence-corrected chi connectivity index (χ4v) is 3.49. The van der Waals surface area contributed by atoms with Crippen molar-refractivity contribution in [3.8, 4) is 0 Å². The molecule has 2 heteroatoms. The zero-order chi connectivity index (χ0) is 13.1. The Labute approximate surface area is 117 Å². The minimum Gasteiger partial charge on any atom is -0.299 e. The summed E-state index contributed by atoms with van der Waals surface area (Å²) in [5.41, 5.74) is 1.45. The molecule has 3 rings (SSSR count). The molecular weight excluding hydrogens is 232 g/mol. The van der Waals surface area contributed by atoms with Crippen LogP contribution in [0.5, 0.6) is 0 Å². The predicted octanol–water partition coefficient (Wildman–Crippen LogP) is 2.99. The van der Waals surface area contributed by atoms with Gasteiger partial charge < -0.3 is 0 Å². The van der Waals surface area contributed by atoms with Crippen molar-refractivity contribution in [1.29, 1.82) is 0 Å². The Morgan fingerprint density at radius 3 is 2.47 bits per heavy atom. The van der Waals surface area contributed by atoms with Crippen molar-refractivity contribution in [2.75, 3.05) is 26.2 Å². The molecule has 0 aliphatic carbocycles. The van der Waals surface area contributed by atoms with Crippen molar-refractivity contribution in [2.45, 2.75) is 38.8 Å². The highest BCUT2D eigenvalue weighted by atomic mass is 15.3. The number of hydrogen-bond donors (Lipinski definition) is 0. The van der Waals surface area contributed by atoms with E-state index in [9.17, 15) is 0 Å². The number of rotatable bonds is 3. The van der Waals surface area contributed by atoms with Gasteiger partial charge in [-0.05, 0) is 43.8 Å². The van der Waals surface area contributed by atoms with Crippen molar-refractivity contribution in [2.24, 2.45) is 5.92 Å². The monoisotopic (exact) mass is 258 g/mol. The minimum atomic E-state index is 0.816. The zero-order valence-electron chi connectivity index (χ0n) is 12.1. The number of nitrogens with zero attached hydrogens (tertiary/aromatic N) is 2. The van der Waals surface area contributed by atoms with Gasteiger partial charge in [0.2, 0.25) is 0 Å². The summed E-state index contributed by atoms with van der Waals surface area (Å²) in [5, 5.41) is 0. The Hall–Kier alpha value is -0.860. The molecule has 0 bridgehead atoms. The Bertz CT molecular complexity index is 382. The van der Waals surface area contributed by atoms with Crippen molar-refractivity contribution in [3.05, 3.63) is 35.9 Å². The standard InChI is InChI=1S/C17H26N2/c1-15-7-11-19(12-8-15)17-9-10-18(14-17)13-16-5-3-2-4-6-16/h2-6,15,17H,7-14H2,1H3. The number of hydrogen-bond acceptors (Lipinski definition) is 2. The van der Waals surface area contributed by atoms with E-state index in [0.717, 1.165) is 18.5 Å². The Morgan fingerprint density at radius 1 is 1.00 bits per heavy atom. The molecule has 2 nitrogen and oxygen atoms in total. The van der Waals surface area contributed by atoms with Gasteiger partial charge in [-0.2, -0.15) is 0 Å². The van der Waals surface area contributed by atoms with Crippen LogP contribution >= 0.6 is 0 Å². The molecule has 2 saturated heterocycles. The van der Waals surface area contributed by atoms with Crippen molar-refractivity contribution in [3.63, 3.8) is 0 Å². The number of likely N-dealkylation sites (tertiary alicyclic amines) is 2. The molecule has 1 atom stereocenters. The van der Waals surface area contributed by atoms with Gasteiger partial charge in [0.1, 0.15) is 0 Å². The molecule has 0 N–H and O–H groups in total. The van der Waals surface area contributed by atoms with Gasteiger partial charge in [-0.15, -0.1) is 0 Å². The van der Waals surface area contributed by atoms with Gasteiger partial charge in [-0.1, -0.05) is 37.3 Å². The number of piperidine rings is 1. The van der Waals surface area contributed by atoms with Crippen LogP contribution in [0, 0.1) is 5.92 Å².